The van der Waals surface area contributed by atoms with Crippen LogP contribution in [0.1, 0.15) is 60.4 Å². The molecule has 0 radical (unpaired) electrons. The van der Waals surface area contributed by atoms with Gasteiger partial charge in [-0.3, -0.25) is 0 Å². The maximum atomic E-state index is 14.0. The van der Waals surface area contributed by atoms with Gasteiger partial charge in [0.15, 0.2) is 0 Å². The summed E-state index contributed by atoms with van der Waals surface area (Å²) in [6.07, 6.45) is 2.23. The van der Waals surface area contributed by atoms with E-state index in [1.54, 1.807) is 13.8 Å². The first kappa shape index (κ1) is 18.7. The molecule has 2 heteroatoms. The second-order valence-corrected chi connectivity index (χ2v) is 8.10. The van der Waals surface area contributed by atoms with Crippen molar-refractivity contribution in [2.24, 2.45) is 0 Å². The van der Waals surface area contributed by atoms with Crippen LogP contribution in [0.15, 0.2) is 49.0 Å². The highest BCUT2D eigenvalue weighted by atomic mass is 19.1. The molecule has 26 heavy (non-hydrogen) atoms. The number of hydrogen-bond acceptors (Lipinski definition) is 1. The van der Waals surface area contributed by atoms with E-state index >= 15 is 0 Å². The van der Waals surface area contributed by atoms with E-state index in [-0.39, 0.29) is 0 Å². The van der Waals surface area contributed by atoms with E-state index in [1.807, 2.05) is 12.1 Å². The molecule has 1 aliphatic rings. The average Bonchev–Trinajstić information content (AvgIpc) is 2.63. The fourth-order valence-electron chi connectivity index (χ4n) is 3.74. The fourth-order valence-corrected chi connectivity index (χ4v) is 3.74. The van der Waals surface area contributed by atoms with Crippen molar-refractivity contribution in [3.63, 3.8) is 0 Å². The summed E-state index contributed by atoms with van der Waals surface area (Å²) in [5.74, 6) is 0.551. The van der Waals surface area contributed by atoms with Crippen molar-refractivity contribution in [1.29, 1.82) is 0 Å². The number of alkyl halides is 1. The third kappa shape index (κ3) is 4.00. The molecule has 3 rings (SSSR count). The van der Waals surface area contributed by atoms with Crippen LogP contribution < -0.4 is 0 Å². The molecule has 0 amide bonds. The van der Waals surface area contributed by atoms with Crippen molar-refractivity contribution >= 4 is 5.70 Å². The van der Waals surface area contributed by atoms with Crippen LogP contribution in [0, 0.1) is 13.8 Å². The first-order chi connectivity index (χ1) is 12.3. The van der Waals surface area contributed by atoms with Gasteiger partial charge < -0.3 is 4.90 Å². The summed E-state index contributed by atoms with van der Waals surface area (Å²) in [5.41, 5.74) is 5.79. The van der Waals surface area contributed by atoms with Crippen LogP contribution >= 0.6 is 0 Å². The van der Waals surface area contributed by atoms with Gasteiger partial charge in [0.25, 0.3) is 0 Å². The van der Waals surface area contributed by atoms with E-state index in [9.17, 15) is 4.39 Å². The van der Waals surface area contributed by atoms with Gasteiger partial charge >= 0.3 is 0 Å². The molecule has 0 saturated carbocycles. The molecule has 2 aromatic carbocycles. The molecule has 0 bridgehead atoms. The maximum absolute atomic E-state index is 14.0. The molecule has 2 aromatic rings. The van der Waals surface area contributed by atoms with Gasteiger partial charge in [-0.25, -0.2) is 4.39 Å². The van der Waals surface area contributed by atoms with Gasteiger partial charge in [-0.15, -0.1) is 0 Å². The zero-order valence-electron chi connectivity index (χ0n) is 16.5. The Morgan fingerprint density at radius 1 is 1.00 bits per heavy atom. The SMILES string of the molecule is C=C(c1ccc(C)c(C)c1)N1CCC(c2ccc(C(C)(C)F)cc2)CC1. The lowest BCUT2D eigenvalue weighted by Crippen LogP contribution is -2.31. The highest BCUT2D eigenvalue weighted by Gasteiger charge is 2.23. The Labute approximate surface area is 157 Å². The number of likely N-dealkylation sites (tertiary alicyclic amines) is 1. The average molecular weight is 352 g/mol. The third-order valence-corrected chi connectivity index (χ3v) is 5.79. The predicted molar refractivity (Wildman–Crippen MR) is 109 cm³/mol. The number of nitrogens with zero attached hydrogens (tertiary/aromatic N) is 1. The maximum Gasteiger partial charge on any atom is 0.130 e. The Kier molecular flexibility index (Phi) is 5.22. The Bertz CT molecular complexity index is 775. The lowest BCUT2D eigenvalue weighted by atomic mass is 9.87. The zero-order chi connectivity index (χ0) is 18.9. The van der Waals surface area contributed by atoms with E-state index in [4.69, 9.17) is 0 Å². The molecule has 1 nitrogen and oxygen atoms in total. The van der Waals surface area contributed by atoms with Gasteiger partial charge in [-0.1, -0.05) is 43.0 Å². The minimum Gasteiger partial charge on any atom is -0.371 e. The summed E-state index contributed by atoms with van der Waals surface area (Å²) in [5, 5.41) is 0. The van der Waals surface area contributed by atoms with Crippen molar-refractivity contribution in [3.05, 3.63) is 76.9 Å². The van der Waals surface area contributed by atoms with E-state index in [0.717, 1.165) is 37.2 Å². The second-order valence-electron chi connectivity index (χ2n) is 8.10. The first-order valence-electron chi connectivity index (χ1n) is 9.56. The van der Waals surface area contributed by atoms with Gasteiger partial charge in [-0.05, 0) is 80.3 Å². The van der Waals surface area contributed by atoms with Gasteiger partial charge in [0, 0.05) is 18.8 Å². The van der Waals surface area contributed by atoms with E-state index in [1.165, 1.54) is 22.3 Å². The van der Waals surface area contributed by atoms with Crippen LogP contribution in [0.4, 0.5) is 4.39 Å². The summed E-state index contributed by atoms with van der Waals surface area (Å²) < 4.78 is 14.0. The monoisotopic (exact) mass is 351 g/mol. The van der Waals surface area contributed by atoms with Crippen LogP contribution in [0.2, 0.25) is 0 Å². The molecular weight excluding hydrogens is 321 g/mol. The number of halogens is 1. The Hall–Kier alpha value is -2.09. The van der Waals surface area contributed by atoms with Crippen LogP contribution in [-0.2, 0) is 5.67 Å². The molecule has 0 atom stereocenters. The van der Waals surface area contributed by atoms with Crippen molar-refractivity contribution in [3.8, 4) is 0 Å². The number of piperidine rings is 1. The molecular formula is C24H30FN. The van der Waals surface area contributed by atoms with Crippen molar-refractivity contribution in [1.82, 2.24) is 4.90 Å². The molecule has 0 N–H and O–H groups in total. The Morgan fingerprint density at radius 3 is 2.15 bits per heavy atom. The van der Waals surface area contributed by atoms with Gasteiger partial charge in [-0.2, -0.15) is 0 Å². The highest BCUT2D eigenvalue weighted by molar-refractivity contribution is 5.63. The summed E-state index contributed by atoms with van der Waals surface area (Å²) in [6, 6.07) is 14.7. The van der Waals surface area contributed by atoms with E-state index in [2.05, 4.69) is 55.7 Å². The number of hydrogen-bond donors (Lipinski definition) is 0. The summed E-state index contributed by atoms with van der Waals surface area (Å²) in [6.45, 7) is 13.9. The topological polar surface area (TPSA) is 3.24 Å². The standard InChI is InChI=1S/C24H30FN/c1-17-6-7-22(16-18(17)2)19(3)26-14-12-21(13-15-26)20-8-10-23(11-9-20)24(4,5)25/h6-11,16,21H,3,12-15H2,1-2,4-5H3. The third-order valence-electron chi connectivity index (χ3n) is 5.79. The van der Waals surface area contributed by atoms with Crippen LogP contribution in [0.5, 0.6) is 0 Å². The minimum atomic E-state index is -1.27. The number of aryl methyl sites for hydroxylation is 2. The van der Waals surface area contributed by atoms with Gasteiger partial charge in [0.2, 0.25) is 0 Å². The van der Waals surface area contributed by atoms with Crippen molar-refractivity contribution in [2.75, 3.05) is 13.1 Å². The van der Waals surface area contributed by atoms with Gasteiger partial charge in [0.1, 0.15) is 5.67 Å². The lowest BCUT2D eigenvalue weighted by Gasteiger charge is -2.35. The Morgan fingerprint density at radius 2 is 1.62 bits per heavy atom. The number of benzene rings is 2. The van der Waals surface area contributed by atoms with E-state index < -0.39 is 5.67 Å². The summed E-state index contributed by atoms with van der Waals surface area (Å²) >= 11 is 0. The Balaban J connectivity index is 1.63. The largest absolute Gasteiger partial charge is 0.371 e. The molecule has 0 spiro atoms. The lowest BCUT2D eigenvalue weighted by molar-refractivity contribution is 0.221. The predicted octanol–water partition coefficient (Wildman–Crippen LogP) is 6.36. The molecule has 1 saturated heterocycles. The minimum absolute atomic E-state index is 0.551. The molecule has 1 heterocycles. The summed E-state index contributed by atoms with van der Waals surface area (Å²) in [4.78, 5) is 2.40. The van der Waals surface area contributed by atoms with E-state index in [0.29, 0.717) is 5.92 Å². The summed E-state index contributed by atoms with van der Waals surface area (Å²) in [7, 11) is 0. The molecule has 138 valence electrons. The molecule has 0 aromatic heterocycles. The first-order valence-corrected chi connectivity index (χ1v) is 9.56. The van der Waals surface area contributed by atoms with Crippen LogP contribution in [0.25, 0.3) is 5.70 Å². The molecule has 0 unspecified atom stereocenters. The van der Waals surface area contributed by atoms with Crippen molar-refractivity contribution in [2.45, 2.75) is 52.1 Å². The number of rotatable bonds is 4. The van der Waals surface area contributed by atoms with Crippen molar-refractivity contribution < 1.29 is 4.39 Å². The molecule has 1 fully saturated rings. The van der Waals surface area contributed by atoms with Crippen LogP contribution in [-0.4, -0.2) is 18.0 Å². The van der Waals surface area contributed by atoms with Gasteiger partial charge in [0.05, 0.1) is 0 Å². The quantitative estimate of drug-likeness (QED) is 0.619. The van der Waals surface area contributed by atoms with Crippen LogP contribution in [0.3, 0.4) is 0 Å². The normalized spacial score (nSPS) is 16.0. The molecule has 0 aliphatic carbocycles. The smallest absolute Gasteiger partial charge is 0.130 e. The fraction of sp³-hybridized carbons (Fsp3) is 0.417. The zero-order valence-corrected chi connectivity index (χ0v) is 16.5. The second kappa shape index (κ2) is 7.26. The molecule has 1 aliphatic heterocycles. The highest BCUT2D eigenvalue weighted by Crippen LogP contribution is 2.33.